The van der Waals surface area contributed by atoms with Gasteiger partial charge in [-0.2, -0.15) is 0 Å². The van der Waals surface area contributed by atoms with Gasteiger partial charge in [0.1, 0.15) is 10.8 Å². The molecule has 0 spiro atoms. The Hall–Kier alpha value is -1.05. The van der Waals surface area contributed by atoms with Crippen molar-refractivity contribution in [3.05, 3.63) is 29.6 Å². The first-order valence-electron chi connectivity index (χ1n) is 4.86. The summed E-state index contributed by atoms with van der Waals surface area (Å²) in [5, 5.41) is 0. The Morgan fingerprint density at radius 2 is 2.12 bits per heavy atom. The maximum Gasteiger partial charge on any atom is 0.242 e. The standard InChI is InChI=1S/C10H13FN2O2S2/c1-3-13(2)17(14,15)7-4-5-9(11)8(6-7)10(12)16/h4-6H,3H2,1-2H3,(H2,12,16). The van der Waals surface area contributed by atoms with E-state index in [-0.39, 0.29) is 15.4 Å². The average molecular weight is 276 g/mol. The molecule has 2 N–H and O–H groups in total. The van der Waals surface area contributed by atoms with E-state index in [1.54, 1.807) is 6.92 Å². The predicted octanol–water partition coefficient (Wildman–Crippen LogP) is 1.10. The number of thiocarbonyl (C=S) groups is 1. The molecule has 0 aliphatic rings. The van der Waals surface area contributed by atoms with Crippen LogP contribution in [0, 0.1) is 5.82 Å². The minimum absolute atomic E-state index is 0.0222. The number of sulfonamides is 1. The van der Waals surface area contributed by atoms with E-state index in [1.807, 2.05) is 0 Å². The van der Waals surface area contributed by atoms with E-state index in [1.165, 1.54) is 13.1 Å². The monoisotopic (exact) mass is 276 g/mol. The first-order chi connectivity index (χ1) is 7.80. The smallest absolute Gasteiger partial charge is 0.242 e. The van der Waals surface area contributed by atoms with Crippen molar-refractivity contribution < 1.29 is 12.8 Å². The molecule has 17 heavy (non-hydrogen) atoms. The molecular formula is C10H13FN2O2S2. The zero-order valence-electron chi connectivity index (χ0n) is 9.47. The third-order valence-corrected chi connectivity index (χ3v) is 4.51. The Kier molecular flexibility index (Phi) is 4.18. The van der Waals surface area contributed by atoms with E-state index in [9.17, 15) is 12.8 Å². The first-order valence-corrected chi connectivity index (χ1v) is 6.71. The number of benzene rings is 1. The van der Waals surface area contributed by atoms with Crippen molar-refractivity contribution in [2.24, 2.45) is 5.73 Å². The van der Waals surface area contributed by atoms with Gasteiger partial charge in [-0.25, -0.2) is 17.1 Å². The van der Waals surface area contributed by atoms with Gasteiger partial charge in [0, 0.05) is 19.2 Å². The van der Waals surface area contributed by atoms with Crippen LogP contribution in [-0.4, -0.2) is 31.3 Å². The molecule has 94 valence electrons. The third-order valence-electron chi connectivity index (χ3n) is 2.36. The first kappa shape index (κ1) is 14.0. The molecule has 1 aromatic rings. The van der Waals surface area contributed by atoms with Crippen LogP contribution in [0.4, 0.5) is 4.39 Å². The van der Waals surface area contributed by atoms with Gasteiger partial charge < -0.3 is 5.73 Å². The van der Waals surface area contributed by atoms with E-state index in [0.717, 1.165) is 16.4 Å². The normalized spacial score (nSPS) is 11.8. The van der Waals surface area contributed by atoms with E-state index >= 15 is 0 Å². The van der Waals surface area contributed by atoms with E-state index < -0.39 is 15.8 Å². The molecule has 7 heteroatoms. The maximum atomic E-state index is 13.3. The van der Waals surface area contributed by atoms with Gasteiger partial charge in [0.05, 0.1) is 4.90 Å². The zero-order chi connectivity index (χ0) is 13.2. The molecular weight excluding hydrogens is 263 g/mol. The molecule has 0 bridgehead atoms. The highest BCUT2D eigenvalue weighted by molar-refractivity contribution is 7.89. The van der Waals surface area contributed by atoms with Crippen LogP contribution >= 0.6 is 12.2 Å². The van der Waals surface area contributed by atoms with Gasteiger partial charge in [0.25, 0.3) is 0 Å². The number of halogens is 1. The summed E-state index contributed by atoms with van der Waals surface area (Å²) < 4.78 is 38.4. The summed E-state index contributed by atoms with van der Waals surface area (Å²) in [7, 11) is -2.17. The topological polar surface area (TPSA) is 63.4 Å². The molecule has 0 atom stereocenters. The molecule has 0 aliphatic heterocycles. The molecule has 1 aromatic carbocycles. The van der Waals surface area contributed by atoms with Crippen LogP contribution in [0.3, 0.4) is 0 Å². The van der Waals surface area contributed by atoms with E-state index in [2.05, 4.69) is 12.2 Å². The number of nitrogens with zero attached hydrogens (tertiary/aromatic N) is 1. The molecule has 0 heterocycles. The molecule has 1 rings (SSSR count). The van der Waals surface area contributed by atoms with Crippen LogP contribution in [-0.2, 0) is 10.0 Å². The highest BCUT2D eigenvalue weighted by Gasteiger charge is 2.21. The summed E-state index contributed by atoms with van der Waals surface area (Å²) in [4.78, 5) is -0.190. The van der Waals surface area contributed by atoms with Crippen molar-refractivity contribution in [3.63, 3.8) is 0 Å². The Balaban J connectivity index is 3.35. The molecule has 0 aliphatic carbocycles. The quantitative estimate of drug-likeness (QED) is 0.837. The van der Waals surface area contributed by atoms with Crippen LogP contribution in [0.1, 0.15) is 12.5 Å². The Morgan fingerprint density at radius 1 is 1.53 bits per heavy atom. The van der Waals surface area contributed by atoms with Gasteiger partial charge in [0.15, 0.2) is 0 Å². The van der Waals surface area contributed by atoms with Gasteiger partial charge in [-0.3, -0.25) is 0 Å². The molecule has 0 radical (unpaired) electrons. The molecule has 0 saturated carbocycles. The van der Waals surface area contributed by atoms with Crippen molar-refractivity contribution in [2.75, 3.05) is 13.6 Å². The molecule has 0 saturated heterocycles. The van der Waals surface area contributed by atoms with Gasteiger partial charge in [-0.05, 0) is 18.2 Å². The zero-order valence-corrected chi connectivity index (χ0v) is 11.1. The van der Waals surface area contributed by atoms with Gasteiger partial charge in [0.2, 0.25) is 10.0 Å². The van der Waals surface area contributed by atoms with Gasteiger partial charge in [-0.15, -0.1) is 0 Å². The second-order valence-electron chi connectivity index (χ2n) is 3.43. The van der Waals surface area contributed by atoms with E-state index in [4.69, 9.17) is 5.73 Å². The van der Waals surface area contributed by atoms with Gasteiger partial charge in [-0.1, -0.05) is 19.1 Å². The highest BCUT2D eigenvalue weighted by Crippen LogP contribution is 2.18. The fourth-order valence-corrected chi connectivity index (χ4v) is 2.57. The fourth-order valence-electron chi connectivity index (χ4n) is 1.20. The predicted molar refractivity (Wildman–Crippen MR) is 67.8 cm³/mol. The second-order valence-corrected chi connectivity index (χ2v) is 5.91. The average Bonchev–Trinajstić information content (AvgIpc) is 2.27. The second kappa shape index (κ2) is 5.07. The van der Waals surface area contributed by atoms with Gasteiger partial charge >= 0.3 is 0 Å². The lowest BCUT2D eigenvalue weighted by Gasteiger charge is -2.15. The van der Waals surface area contributed by atoms with Crippen LogP contribution in [0.15, 0.2) is 23.1 Å². The molecule has 0 fully saturated rings. The van der Waals surface area contributed by atoms with E-state index in [0.29, 0.717) is 6.54 Å². The van der Waals surface area contributed by atoms with Crippen molar-refractivity contribution >= 4 is 27.2 Å². The number of hydrogen-bond donors (Lipinski definition) is 1. The lowest BCUT2D eigenvalue weighted by Crippen LogP contribution is -2.27. The lowest BCUT2D eigenvalue weighted by molar-refractivity contribution is 0.486. The summed E-state index contributed by atoms with van der Waals surface area (Å²) in [5.74, 6) is -0.629. The van der Waals surface area contributed by atoms with Crippen LogP contribution in [0.5, 0.6) is 0 Å². The summed E-state index contributed by atoms with van der Waals surface area (Å²) in [6.45, 7) is 2.03. The summed E-state index contributed by atoms with van der Waals surface area (Å²) in [5.41, 5.74) is 5.25. The Morgan fingerprint density at radius 3 is 2.59 bits per heavy atom. The lowest BCUT2D eigenvalue weighted by atomic mass is 10.2. The van der Waals surface area contributed by atoms with Crippen LogP contribution in [0.2, 0.25) is 0 Å². The highest BCUT2D eigenvalue weighted by atomic mass is 32.2. The molecule has 0 aromatic heterocycles. The molecule has 0 unspecified atom stereocenters. The number of hydrogen-bond acceptors (Lipinski definition) is 3. The Labute approximate surface area is 105 Å². The molecule has 4 nitrogen and oxygen atoms in total. The van der Waals surface area contributed by atoms with Crippen molar-refractivity contribution in [3.8, 4) is 0 Å². The summed E-state index contributed by atoms with van der Waals surface area (Å²) in [6.07, 6.45) is 0. The number of nitrogens with two attached hydrogens (primary N) is 1. The van der Waals surface area contributed by atoms with Crippen molar-refractivity contribution in [1.82, 2.24) is 4.31 Å². The maximum absolute atomic E-state index is 13.3. The minimum Gasteiger partial charge on any atom is -0.389 e. The largest absolute Gasteiger partial charge is 0.389 e. The fraction of sp³-hybridized carbons (Fsp3) is 0.300. The number of rotatable bonds is 4. The molecule has 0 amide bonds. The SMILES string of the molecule is CCN(C)S(=O)(=O)c1ccc(F)c(C(N)=S)c1. The van der Waals surface area contributed by atoms with Crippen LogP contribution in [0.25, 0.3) is 0 Å². The summed E-state index contributed by atoms with van der Waals surface area (Å²) in [6, 6.07) is 3.39. The van der Waals surface area contributed by atoms with Crippen molar-refractivity contribution in [2.45, 2.75) is 11.8 Å². The Bertz CT molecular complexity index is 543. The summed E-state index contributed by atoms with van der Waals surface area (Å²) >= 11 is 4.66. The van der Waals surface area contributed by atoms with Crippen LogP contribution < -0.4 is 5.73 Å². The third kappa shape index (κ3) is 2.80. The van der Waals surface area contributed by atoms with Crippen molar-refractivity contribution in [1.29, 1.82) is 0 Å². The minimum atomic E-state index is -3.61.